The van der Waals surface area contributed by atoms with E-state index in [2.05, 4.69) is 0 Å². The average Bonchev–Trinajstić information content (AvgIpc) is 3.79. The molecule has 0 aromatic heterocycles. The van der Waals surface area contributed by atoms with Gasteiger partial charge in [0, 0.05) is 17.9 Å². The number of halogens is 1. The van der Waals surface area contributed by atoms with Gasteiger partial charge in [0.05, 0.1) is 22.8 Å². The Balaban J connectivity index is 1.17. The Hall–Kier alpha value is -3.55. The van der Waals surface area contributed by atoms with Gasteiger partial charge < -0.3 is 23.7 Å². The number of rotatable bonds is 12. The van der Waals surface area contributed by atoms with Crippen LogP contribution in [0.15, 0.2) is 35.2 Å². The van der Waals surface area contributed by atoms with E-state index in [0.29, 0.717) is 17.5 Å². The lowest BCUT2D eigenvalue weighted by atomic mass is 9.78. The van der Waals surface area contributed by atoms with E-state index in [-0.39, 0.29) is 45.8 Å². The van der Waals surface area contributed by atoms with E-state index in [1.165, 1.54) is 30.3 Å². The van der Waals surface area contributed by atoms with Crippen molar-refractivity contribution in [3.8, 4) is 17.2 Å². The second-order valence-corrected chi connectivity index (χ2v) is 16.4. The van der Waals surface area contributed by atoms with Crippen molar-refractivity contribution in [1.82, 2.24) is 0 Å². The molecule has 4 fully saturated rings. The predicted molar refractivity (Wildman–Crippen MR) is 177 cm³/mol. The molecule has 11 nitrogen and oxygen atoms in total. The first-order valence-electron chi connectivity index (χ1n) is 17.4. The fraction of sp³-hybridized carbons (Fsp3) is 0.595. The molecule has 1 N–H and O–H groups in total. The second-order valence-electron chi connectivity index (χ2n) is 15.0. The van der Waals surface area contributed by atoms with Gasteiger partial charge in [-0.25, -0.2) is 9.18 Å². The highest BCUT2D eigenvalue weighted by atomic mass is 32.2. The zero-order valence-corrected chi connectivity index (χ0v) is 30.0. The van der Waals surface area contributed by atoms with E-state index in [9.17, 15) is 31.7 Å². The van der Waals surface area contributed by atoms with E-state index < -0.39 is 76.0 Å². The minimum Gasteiger partial charge on any atom is -0.484 e. The maximum Gasteiger partial charge on any atom is 0.337 e. The summed E-state index contributed by atoms with van der Waals surface area (Å²) in [6, 6.07) is 6.47. The van der Waals surface area contributed by atoms with Crippen molar-refractivity contribution in [3.05, 3.63) is 47.3 Å². The van der Waals surface area contributed by atoms with Gasteiger partial charge in [0.1, 0.15) is 29.8 Å². The molecule has 2 aromatic rings. The minimum atomic E-state index is -4.53. The molecule has 272 valence electrons. The van der Waals surface area contributed by atoms with Gasteiger partial charge in [-0.05, 0) is 85.3 Å². The number of carbonyl (C=O) groups excluding carboxylic acids is 3. The molecular weight excluding hydrogens is 671 g/mol. The van der Waals surface area contributed by atoms with Crippen molar-refractivity contribution >= 4 is 28.0 Å². The maximum absolute atomic E-state index is 14.8. The summed E-state index contributed by atoms with van der Waals surface area (Å²) in [5.74, 6) is -5.07. The summed E-state index contributed by atoms with van der Waals surface area (Å²) in [6.07, 6.45) is 2.65. The van der Waals surface area contributed by atoms with Crippen molar-refractivity contribution in [2.45, 2.75) is 108 Å². The monoisotopic (exact) mass is 716 g/mol. The van der Waals surface area contributed by atoms with Gasteiger partial charge in [0.15, 0.2) is 11.6 Å². The lowest BCUT2D eigenvalue weighted by molar-refractivity contribution is -0.151. The number of fused-ring (bicyclic) bond motifs is 1. The highest BCUT2D eigenvalue weighted by molar-refractivity contribution is 7.85. The Labute approximate surface area is 291 Å². The third-order valence-electron chi connectivity index (χ3n) is 11.0. The predicted octanol–water partition coefficient (Wildman–Crippen LogP) is 6.37. The molecule has 3 aliphatic carbocycles. The fourth-order valence-electron chi connectivity index (χ4n) is 8.41. The summed E-state index contributed by atoms with van der Waals surface area (Å²) >= 11 is 0. The van der Waals surface area contributed by atoms with Crippen LogP contribution in [-0.2, 0) is 34.0 Å². The second kappa shape index (κ2) is 13.5. The maximum atomic E-state index is 14.8. The van der Waals surface area contributed by atoms with Gasteiger partial charge in [-0.3, -0.25) is 14.1 Å². The lowest BCUT2D eigenvalue weighted by Gasteiger charge is -2.34. The number of ether oxygens (including phenoxy) is 5. The van der Waals surface area contributed by atoms with Crippen molar-refractivity contribution < 1.29 is 55.4 Å². The van der Waals surface area contributed by atoms with Crippen LogP contribution in [-0.4, -0.2) is 55.3 Å². The van der Waals surface area contributed by atoms with E-state index >= 15 is 0 Å². The number of hydrogen-bond acceptors (Lipinski definition) is 10. The van der Waals surface area contributed by atoms with Crippen LogP contribution in [0.2, 0.25) is 0 Å². The van der Waals surface area contributed by atoms with Gasteiger partial charge in [0.25, 0.3) is 10.1 Å². The first kappa shape index (κ1) is 36.2. The van der Waals surface area contributed by atoms with E-state index in [4.69, 9.17) is 23.7 Å². The molecule has 4 aliphatic rings. The van der Waals surface area contributed by atoms with Crippen LogP contribution in [0.3, 0.4) is 0 Å². The molecule has 6 unspecified atom stereocenters. The van der Waals surface area contributed by atoms with Crippen LogP contribution in [0, 0.1) is 35.4 Å². The van der Waals surface area contributed by atoms with Crippen molar-refractivity contribution in [3.63, 3.8) is 0 Å². The molecule has 50 heavy (non-hydrogen) atoms. The van der Waals surface area contributed by atoms with Gasteiger partial charge >= 0.3 is 17.9 Å². The van der Waals surface area contributed by atoms with Crippen LogP contribution in [0.4, 0.5) is 4.39 Å². The Morgan fingerprint density at radius 1 is 0.980 bits per heavy atom. The molecule has 0 radical (unpaired) electrons. The number of esters is 3. The number of hydrogen-bond donors (Lipinski definition) is 1. The molecule has 0 spiro atoms. The standard InChI is InChI=1S/C37H45FO11S/c1-18(2)23-14-22(50(42,43)44)15-24(19(3)4)32(23)47-35(40)30-25-16-26-31(30)36(41)48-34(26)33(25)45-17-29(39)46-21-9-10-27(38)28(13-21)49-37(20(5)6)11-7-8-12-37/h9-10,13-15,18-20,25-26,30-31,33-34H,7-8,11-12,16-17H2,1-6H3,(H,42,43,44). The van der Waals surface area contributed by atoms with Gasteiger partial charge in [-0.2, -0.15) is 8.42 Å². The van der Waals surface area contributed by atoms with Crippen LogP contribution in [0.1, 0.15) is 96.6 Å². The zero-order chi connectivity index (χ0) is 36.3. The zero-order valence-electron chi connectivity index (χ0n) is 29.1. The molecule has 1 heterocycles. The lowest BCUT2D eigenvalue weighted by Crippen LogP contribution is -2.44. The highest BCUT2D eigenvalue weighted by Crippen LogP contribution is 2.59. The molecule has 3 saturated carbocycles. The topological polar surface area (TPSA) is 152 Å². The Bertz CT molecular complexity index is 1750. The van der Waals surface area contributed by atoms with Gasteiger partial charge in [-0.15, -0.1) is 0 Å². The number of benzene rings is 2. The van der Waals surface area contributed by atoms with Crippen LogP contribution >= 0.6 is 0 Å². The minimum absolute atomic E-state index is 0.0130. The quantitative estimate of drug-likeness (QED) is 0.148. The van der Waals surface area contributed by atoms with Crippen molar-refractivity contribution in [1.29, 1.82) is 0 Å². The summed E-state index contributed by atoms with van der Waals surface area (Å²) in [4.78, 5) is 39.7. The Kier molecular flexibility index (Phi) is 9.81. The fourth-order valence-corrected chi connectivity index (χ4v) is 8.96. The summed E-state index contributed by atoms with van der Waals surface area (Å²) in [5, 5.41) is 0. The van der Waals surface area contributed by atoms with Crippen LogP contribution in [0.25, 0.3) is 0 Å². The summed E-state index contributed by atoms with van der Waals surface area (Å²) in [7, 11) is -4.53. The number of carbonyl (C=O) groups is 3. The van der Waals surface area contributed by atoms with E-state index in [1.807, 2.05) is 41.5 Å². The third-order valence-corrected chi connectivity index (χ3v) is 11.9. The molecular formula is C37H45FO11S. The summed E-state index contributed by atoms with van der Waals surface area (Å²) in [5.41, 5.74) is 0.346. The Morgan fingerprint density at radius 2 is 1.62 bits per heavy atom. The van der Waals surface area contributed by atoms with Crippen molar-refractivity contribution in [2.75, 3.05) is 6.61 Å². The third kappa shape index (κ3) is 6.64. The molecule has 13 heteroatoms. The molecule has 0 amide bonds. The SMILES string of the molecule is CC(C)c1cc(S(=O)(=O)O)cc(C(C)C)c1OC(=O)C1C2CC3C(OC(=O)C31)C2OCC(=O)Oc1ccc(F)c(OC2(C(C)C)CCCC2)c1. The summed E-state index contributed by atoms with van der Waals surface area (Å²) < 4.78 is 78.0. The first-order valence-corrected chi connectivity index (χ1v) is 18.8. The van der Waals surface area contributed by atoms with Gasteiger partial charge in [-0.1, -0.05) is 41.5 Å². The Morgan fingerprint density at radius 3 is 2.20 bits per heavy atom. The smallest absolute Gasteiger partial charge is 0.337 e. The van der Waals surface area contributed by atoms with E-state index in [1.54, 1.807) is 0 Å². The molecule has 2 aromatic carbocycles. The normalized spacial score (nSPS) is 26.6. The van der Waals surface area contributed by atoms with Crippen LogP contribution in [0.5, 0.6) is 17.2 Å². The molecule has 6 rings (SSSR count). The molecule has 1 saturated heterocycles. The average molecular weight is 717 g/mol. The molecule has 6 atom stereocenters. The van der Waals surface area contributed by atoms with Crippen molar-refractivity contribution in [2.24, 2.45) is 29.6 Å². The van der Waals surface area contributed by atoms with E-state index in [0.717, 1.165) is 25.7 Å². The van der Waals surface area contributed by atoms with Gasteiger partial charge in [0.2, 0.25) is 0 Å². The first-order chi connectivity index (χ1) is 23.5. The molecule has 2 bridgehead atoms. The molecule has 1 aliphatic heterocycles. The highest BCUT2D eigenvalue weighted by Gasteiger charge is 2.69. The van der Waals surface area contributed by atoms with Crippen LogP contribution < -0.4 is 14.2 Å². The largest absolute Gasteiger partial charge is 0.484 e. The summed E-state index contributed by atoms with van der Waals surface area (Å²) in [6.45, 7) is 10.8.